The van der Waals surface area contributed by atoms with Crippen molar-refractivity contribution in [1.82, 2.24) is 0 Å². The number of carbonyl (C=O) groups excluding carboxylic acids is 1. The molecule has 0 unspecified atom stereocenters. The lowest BCUT2D eigenvalue weighted by molar-refractivity contribution is 0.242. The van der Waals surface area contributed by atoms with Crippen molar-refractivity contribution in [2.75, 3.05) is 10.6 Å². The Morgan fingerprint density at radius 1 is 0.867 bits per heavy atom. The van der Waals surface area contributed by atoms with E-state index in [9.17, 15) is 4.79 Å². The number of hydrogen-bond donors (Lipinski definition) is 2. The van der Waals surface area contributed by atoms with Crippen LogP contribution in [0.3, 0.4) is 0 Å². The number of hydrogen-bond acceptors (Lipinski definition) is 4. The van der Waals surface area contributed by atoms with Gasteiger partial charge in [-0.15, -0.1) is 11.3 Å². The third kappa shape index (κ3) is 6.26. The second-order valence-corrected chi connectivity index (χ2v) is 9.20. The van der Waals surface area contributed by atoms with Gasteiger partial charge in [-0.2, -0.15) is 0 Å². The standard InChI is InChI=1S/C24H28N2O3S/c1-16(2)28-19-10-12-21(13-11-19)29-20-8-6-17(7-9-20)25-23(27)26-18-14-22(30-15-18)24(3,4)5/h6-16H,1-5H3,(H2,25,26,27). The van der Waals surface area contributed by atoms with Gasteiger partial charge in [0.1, 0.15) is 17.2 Å². The molecule has 1 heterocycles. The molecule has 1 aromatic heterocycles. The first-order valence-electron chi connectivity index (χ1n) is 9.91. The zero-order valence-corrected chi connectivity index (χ0v) is 18.8. The third-order valence-electron chi connectivity index (χ3n) is 4.14. The van der Waals surface area contributed by atoms with Crippen LogP contribution >= 0.6 is 11.3 Å². The van der Waals surface area contributed by atoms with Crippen LogP contribution in [0.25, 0.3) is 0 Å². The fourth-order valence-electron chi connectivity index (χ4n) is 2.69. The number of anilines is 2. The second kappa shape index (κ2) is 9.22. The topological polar surface area (TPSA) is 59.6 Å². The summed E-state index contributed by atoms with van der Waals surface area (Å²) >= 11 is 1.64. The number of carbonyl (C=O) groups is 1. The van der Waals surface area contributed by atoms with Crippen molar-refractivity contribution in [3.8, 4) is 17.2 Å². The van der Waals surface area contributed by atoms with E-state index in [-0.39, 0.29) is 17.6 Å². The lowest BCUT2D eigenvalue weighted by Crippen LogP contribution is -2.19. The molecule has 0 saturated carbocycles. The molecule has 0 spiro atoms. The molecule has 0 aliphatic heterocycles. The summed E-state index contributed by atoms with van der Waals surface area (Å²) in [5.74, 6) is 2.21. The third-order valence-corrected chi connectivity index (χ3v) is 5.50. The molecular weight excluding hydrogens is 396 g/mol. The summed E-state index contributed by atoms with van der Waals surface area (Å²) in [6.07, 6.45) is 0.134. The zero-order valence-electron chi connectivity index (χ0n) is 18.0. The van der Waals surface area contributed by atoms with E-state index in [1.54, 1.807) is 23.5 Å². The number of benzene rings is 2. The summed E-state index contributed by atoms with van der Waals surface area (Å²) < 4.78 is 11.5. The summed E-state index contributed by atoms with van der Waals surface area (Å²) in [5, 5.41) is 7.66. The number of amides is 2. The summed E-state index contributed by atoms with van der Waals surface area (Å²) in [5.41, 5.74) is 1.55. The minimum absolute atomic E-state index is 0.0681. The van der Waals surface area contributed by atoms with E-state index in [0.717, 1.165) is 17.2 Å². The highest BCUT2D eigenvalue weighted by atomic mass is 32.1. The van der Waals surface area contributed by atoms with Gasteiger partial charge in [0.2, 0.25) is 0 Å². The van der Waals surface area contributed by atoms with Crippen LogP contribution in [-0.4, -0.2) is 12.1 Å². The first kappa shape index (κ1) is 21.7. The van der Waals surface area contributed by atoms with Crippen molar-refractivity contribution < 1.29 is 14.3 Å². The highest BCUT2D eigenvalue weighted by molar-refractivity contribution is 7.10. The fraction of sp³-hybridized carbons (Fsp3) is 0.292. The number of nitrogens with one attached hydrogen (secondary N) is 2. The summed E-state index contributed by atoms with van der Waals surface area (Å²) in [7, 11) is 0. The summed E-state index contributed by atoms with van der Waals surface area (Å²) in [6, 6.07) is 16.5. The van der Waals surface area contributed by atoms with Crippen LogP contribution in [-0.2, 0) is 5.41 Å². The van der Waals surface area contributed by atoms with Crippen LogP contribution in [0, 0.1) is 0 Å². The second-order valence-electron chi connectivity index (χ2n) is 8.29. The Bertz CT molecular complexity index is 971. The van der Waals surface area contributed by atoms with E-state index >= 15 is 0 Å². The van der Waals surface area contributed by atoms with Gasteiger partial charge in [0.05, 0.1) is 11.8 Å². The van der Waals surface area contributed by atoms with Crippen molar-refractivity contribution in [2.45, 2.75) is 46.1 Å². The van der Waals surface area contributed by atoms with E-state index in [4.69, 9.17) is 9.47 Å². The Balaban J connectivity index is 1.54. The Hall–Kier alpha value is -2.99. The van der Waals surface area contributed by atoms with Gasteiger partial charge in [0.15, 0.2) is 0 Å². The van der Waals surface area contributed by atoms with Gasteiger partial charge in [-0.25, -0.2) is 4.79 Å². The van der Waals surface area contributed by atoms with E-state index in [0.29, 0.717) is 11.4 Å². The van der Waals surface area contributed by atoms with E-state index in [1.807, 2.05) is 61.7 Å². The number of thiophene rings is 1. The molecule has 0 bridgehead atoms. The van der Waals surface area contributed by atoms with E-state index in [1.165, 1.54) is 4.88 Å². The van der Waals surface area contributed by atoms with Crippen LogP contribution in [0.1, 0.15) is 39.5 Å². The molecule has 0 radical (unpaired) electrons. The Kier molecular flexibility index (Phi) is 6.67. The molecule has 2 amide bonds. The fourth-order valence-corrected chi connectivity index (χ4v) is 3.62. The number of urea groups is 1. The summed E-state index contributed by atoms with van der Waals surface area (Å²) in [4.78, 5) is 13.5. The molecule has 3 aromatic rings. The van der Waals surface area contributed by atoms with E-state index < -0.39 is 0 Å². The van der Waals surface area contributed by atoms with Crippen LogP contribution in [0.5, 0.6) is 17.2 Å². The Morgan fingerprint density at radius 3 is 1.93 bits per heavy atom. The first-order chi connectivity index (χ1) is 14.2. The van der Waals surface area contributed by atoms with Gasteiger partial charge in [0, 0.05) is 15.9 Å². The van der Waals surface area contributed by atoms with Crippen LogP contribution < -0.4 is 20.1 Å². The zero-order chi connectivity index (χ0) is 21.7. The lowest BCUT2D eigenvalue weighted by atomic mass is 9.95. The summed E-state index contributed by atoms with van der Waals surface area (Å²) in [6.45, 7) is 10.4. The molecule has 6 heteroatoms. The average Bonchev–Trinajstić information content (AvgIpc) is 3.13. The minimum atomic E-state index is -0.275. The first-order valence-corrected chi connectivity index (χ1v) is 10.8. The van der Waals surface area contributed by atoms with Gasteiger partial charge in [0.25, 0.3) is 0 Å². The molecule has 3 rings (SSSR count). The number of ether oxygens (including phenoxy) is 2. The maximum absolute atomic E-state index is 12.3. The van der Waals surface area contributed by atoms with Crippen LogP contribution in [0.15, 0.2) is 60.0 Å². The highest BCUT2D eigenvalue weighted by Gasteiger charge is 2.16. The maximum atomic E-state index is 12.3. The normalized spacial score (nSPS) is 11.3. The smallest absolute Gasteiger partial charge is 0.323 e. The van der Waals surface area contributed by atoms with Crippen molar-refractivity contribution in [3.05, 3.63) is 64.9 Å². The number of rotatable bonds is 6. The van der Waals surface area contributed by atoms with Crippen LogP contribution in [0.4, 0.5) is 16.2 Å². The van der Waals surface area contributed by atoms with Gasteiger partial charge in [-0.05, 0) is 73.9 Å². The monoisotopic (exact) mass is 424 g/mol. The average molecular weight is 425 g/mol. The molecule has 5 nitrogen and oxygen atoms in total. The van der Waals surface area contributed by atoms with Crippen molar-refractivity contribution in [1.29, 1.82) is 0 Å². The molecule has 158 valence electrons. The lowest BCUT2D eigenvalue weighted by Gasteiger charge is -2.15. The predicted octanol–water partition coefficient (Wildman–Crippen LogP) is 7.27. The van der Waals surface area contributed by atoms with Gasteiger partial charge in [-0.1, -0.05) is 20.8 Å². The molecule has 0 atom stereocenters. The maximum Gasteiger partial charge on any atom is 0.323 e. The van der Waals surface area contributed by atoms with Crippen molar-refractivity contribution in [2.24, 2.45) is 0 Å². The molecule has 2 N–H and O–H groups in total. The van der Waals surface area contributed by atoms with E-state index in [2.05, 4.69) is 31.4 Å². The quantitative estimate of drug-likeness (QED) is 0.437. The van der Waals surface area contributed by atoms with Crippen LogP contribution in [0.2, 0.25) is 0 Å². The molecule has 0 fully saturated rings. The molecule has 30 heavy (non-hydrogen) atoms. The predicted molar refractivity (Wildman–Crippen MR) is 124 cm³/mol. The Labute approximate surface area is 182 Å². The Morgan fingerprint density at radius 2 is 1.40 bits per heavy atom. The SMILES string of the molecule is CC(C)Oc1ccc(Oc2ccc(NC(=O)Nc3csc(C(C)(C)C)c3)cc2)cc1. The molecule has 0 aliphatic carbocycles. The van der Waals surface area contributed by atoms with Crippen molar-refractivity contribution in [3.63, 3.8) is 0 Å². The van der Waals surface area contributed by atoms with Gasteiger partial charge < -0.3 is 20.1 Å². The minimum Gasteiger partial charge on any atom is -0.491 e. The van der Waals surface area contributed by atoms with Gasteiger partial charge in [-0.3, -0.25) is 0 Å². The van der Waals surface area contributed by atoms with Crippen molar-refractivity contribution >= 4 is 28.7 Å². The molecule has 0 aliphatic rings. The van der Waals surface area contributed by atoms with Gasteiger partial charge >= 0.3 is 6.03 Å². The highest BCUT2D eigenvalue weighted by Crippen LogP contribution is 2.31. The largest absolute Gasteiger partial charge is 0.491 e. The molecular formula is C24H28N2O3S. The molecule has 2 aromatic carbocycles. The molecule has 0 saturated heterocycles.